The number of hydrogen-bond donors (Lipinski definition) is 3. The third kappa shape index (κ3) is 5.61. The molecule has 1 aliphatic heterocycles. The molecule has 0 aromatic heterocycles. The summed E-state index contributed by atoms with van der Waals surface area (Å²) in [5.41, 5.74) is 3.05. The van der Waals surface area contributed by atoms with Crippen LogP contribution in [0.2, 0.25) is 0 Å². The highest BCUT2D eigenvalue weighted by atomic mass is 16.6. The summed E-state index contributed by atoms with van der Waals surface area (Å²) in [6.45, 7) is 16.7. The molecular weight excluding hydrogens is 412 g/mol. The number of amides is 4. The van der Waals surface area contributed by atoms with Gasteiger partial charge in [0.2, 0.25) is 17.7 Å². The zero-order chi connectivity index (χ0) is 24.6. The molecule has 4 N–H and O–H groups in total. The summed E-state index contributed by atoms with van der Waals surface area (Å²) in [5.74, 6) is -1.54. The molecule has 0 spiro atoms. The Morgan fingerprint density at radius 3 is 2.22 bits per heavy atom. The highest BCUT2D eigenvalue weighted by Gasteiger charge is 2.59. The van der Waals surface area contributed by atoms with E-state index in [1.54, 1.807) is 26.8 Å². The number of carbonyl (C=O) groups is 4. The topological polar surface area (TPSA) is 131 Å². The fraction of sp³-hybridized carbons (Fsp3) is 0.739. The minimum atomic E-state index is -1.14. The number of rotatable bonds is 6. The molecule has 9 nitrogen and oxygen atoms in total. The van der Waals surface area contributed by atoms with Crippen LogP contribution in [0.1, 0.15) is 61.3 Å². The molecule has 1 unspecified atom stereocenters. The maximum Gasteiger partial charge on any atom is 0.408 e. The number of hydrogen-bond acceptors (Lipinski definition) is 5. The van der Waals surface area contributed by atoms with E-state index in [1.807, 2.05) is 27.7 Å². The summed E-state index contributed by atoms with van der Waals surface area (Å²) in [7, 11) is 0. The molecule has 0 bridgehead atoms. The minimum absolute atomic E-state index is 0.0794. The second-order valence-corrected chi connectivity index (χ2v) is 11.2. The summed E-state index contributed by atoms with van der Waals surface area (Å²) in [6, 6.07) is -1.66. The summed E-state index contributed by atoms with van der Waals surface area (Å²) < 4.78 is 5.34. The average Bonchev–Trinajstić information content (AvgIpc) is 3.20. The maximum atomic E-state index is 13.6. The first-order valence-corrected chi connectivity index (χ1v) is 11.1. The highest BCUT2D eigenvalue weighted by molar-refractivity contribution is 5.97. The molecule has 2 rings (SSSR count). The van der Waals surface area contributed by atoms with Gasteiger partial charge < -0.3 is 26.0 Å². The van der Waals surface area contributed by atoms with Crippen molar-refractivity contribution in [2.24, 2.45) is 23.0 Å². The summed E-state index contributed by atoms with van der Waals surface area (Å²) in [5, 5.41) is 5.46. The van der Waals surface area contributed by atoms with Crippen LogP contribution < -0.4 is 16.4 Å². The van der Waals surface area contributed by atoms with Crippen molar-refractivity contribution in [2.45, 2.75) is 84.5 Å². The molecule has 5 atom stereocenters. The third-order valence-corrected chi connectivity index (χ3v) is 5.96. The Bertz CT molecular complexity index is 797. The first kappa shape index (κ1) is 25.7. The van der Waals surface area contributed by atoms with Gasteiger partial charge in [-0.15, -0.1) is 6.58 Å². The molecule has 180 valence electrons. The number of nitrogens with two attached hydrogens (primary N) is 1. The van der Waals surface area contributed by atoms with Gasteiger partial charge in [0.15, 0.2) is 0 Å². The maximum absolute atomic E-state index is 13.6. The standard InChI is InChI=1S/C23H38N4O5/c1-9-14-11-23(14,19(24)30)26-17(28)15-10-13(2)12-27(15)18(29)16(21(3,4)5)25-20(31)32-22(6,7)8/h9,13-16H,1,10-12H2,2-8H3,(H2,24,30)(H,25,31)(H,26,28)/t13?,14-,15+,16-,23-/m1/s1. The largest absolute Gasteiger partial charge is 0.444 e. The molecule has 9 heteroatoms. The molecule has 1 heterocycles. The van der Waals surface area contributed by atoms with Gasteiger partial charge in [-0.25, -0.2) is 4.79 Å². The summed E-state index contributed by atoms with van der Waals surface area (Å²) in [6.07, 6.45) is 1.76. The SMILES string of the molecule is C=C[C@@H]1C[C@]1(NC(=O)[C@@H]1CC(C)CN1C(=O)[C@@H](NC(=O)OC(C)(C)C)C(C)(C)C)C(N)=O. The summed E-state index contributed by atoms with van der Waals surface area (Å²) >= 11 is 0. The van der Waals surface area contributed by atoms with Gasteiger partial charge in [0.1, 0.15) is 23.2 Å². The quantitative estimate of drug-likeness (QED) is 0.530. The van der Waals surface area contributed by atoms with Gasteiger partial charge in [0.05, 0.1) is 0 Å². The van der Waals surface area contributed by atoms with E-state index >= 15 is 0 Å². The summed E-state index contributed by atoms with van der Waals surface area (Å²) in [4.78, 5) is 52.6. The molecule has 1 saturated heterocycles. The van der Waals surface area contributed by atoms with E-state index in [9.17, 15) is 19.2 Å². The van der Waals surface area contributed by atoms with Gasteiger partial charge in [-0.05, 0) is 44.9 Å². The number of nitrogens with zero attached hydrogens (tertiary/aromatic N) is 1. The monoisotopic (exact) mass is 450 g/mol. The van der Waals surface area contributed by atoms with Crippen LogP contribution in [-0.4, -0.2) is 58.5 Å². The average molecular weight is 451 g/mol. The fourth-order valence-electron chi connectivity index (χ4n) is 4.14. The Labute approximate surface area is 190 Å². The third-order valence-electron chi connectivity index (χ3n) is 5.96. The molecular formula is C23H38N4O5. The molecule has 2 aliphatic rings. The van der Waals surface area contributed by atoms with E-state index in [0.717, 1.165) is 0 Å². The second kappa shape index (κ2) is 8.75. The molecule has 0 aromatic carbocycles. The van der Waals surface area contributed by atoms with E-state index < -0.39 is 46.5 Å². The van der Waals surface area contributed by atoms with Crippen molar-refractivity contribution in [2.75, 3.05) is 6.54 Å². The Hall–Kier alpha value is -2.58. The van der Waals surface area contributed by atoms with Crippen molar-refractivity contribution in [3.05, 3.63) is 12.7 Å². The lowest BCUT2D eigenvalue weighted by molar-refractivity contribution is -0.142. The van der Waals surface area contributed by atoms with Crippen LogP contribution in [0.4, 0.5) is 4.79 Å². The molecule has 1 aliphatic carbocycles. The van der Waals surface area contributed by atoms with E-state index in [1.165, 1.54) is 4.90 Å². The lowest BCUT2D eigenvalue weighted by Gasteiger charge is -2.36. The fourth-order valence-corrected chi connectivity index (χ4v) is 4.14. The molecule has 0 radical (unpaired) electrons. The van der Waals surface area contributed by atoms with Crippen molar-refractivity contribution in [3.8, 4) is 0 Å². The van der Waals surface area contributed by atoms with E-state index in [4.69, 9.17) is 10.5 Å². The Kier molecular flexibility index (Phi) is 7.02. The van der Waals surface area contributed by atoms with Gasteiger partial charge in [0, 0.05) is 12.5 Å². The van der Waals surface area contributed by atoms with E-state index in [2.05, 4.69) is 17.2 Å². The highest BCUT2D eigenvalue weighted by Crippen LogP contribution is 2.44. The van der Waals surface area contributed by atoms with E-state index in [0.29, 0.717) is 19.4 Å². The number of likely N-dealkylation sites (tertiary alicyclic amines) is 1. The number of alkyl carbamates (subject to hydrolysis) is 1. The van der Waals surface area contributed by atoms with Gasteiger partial charge >= 0.3 is 6.09 Å². The normalized spacial score (nSPS) is 28.5. The van der Waals surface area contributed by atoms with Crippen LogP contribution in [-0.2, 0) is 19.1 Å². The van der Waals surface area contributed by atoms with Gasteiger partial charge in [-0.2, -0.15) is 0 Å². The Balaban J connectivity index is 2.22. The van der Waals surface area contributed by atoms with Gasteiger partial charge in [-0.1, -0.05) is 33.8 Å². The van der Waals surface area contributed by atoms with Crippen molar-refractivity contribution >= 4 is 23.8 Å². The molecule has 32 heavy (non-hydrogen) atoms. The van der Waals surface area contributed by atoms with Crippen LogP contribution in [0.15, 0.2) is 12.7 Å². The molecule has 4 amide bonds. The first-order valence-electron chi connectivity index (χ1n) is 11.1. The van der Waals surface area contributed by atoms with Crippen molar-refractivity contribution in [1.29, 1.82) is 0 Å². The Morgan fingerprint density at radius 1 is 1.19 bits per heavy atom. The number of carbonyl (C=O) groups excluding carboxylic acids is 4. The zero-order valence-corrected chi connectivity index (χ0v) is 20.3. The number of primary amides is 1. The first-order chi connectivity index (χ1) is 14.5. The lowest BCUT2D eigenvalue weighted by atomic mass is 9.85. The van der Waals surface area contributed by atoms with Crippen molar-refractivity contribution in [3.63, 3.8) is 0 Å². The van der Waals surface area contributed by atoms with Gasteiger partial charge in [-0.3, -0.25) is 14.4 Å². The number of ether oxygens (including phenoxy) is 1. The lowest BCUT2D eigenvalue weighted by Crippen LogP contribution is -2.59. The van der Waals surface area contributed by atoms with Crippen LogP contribution in [0.25, 0.3) is 0 Å². The predicted molar refractivity (Wildman–Crippen MR) is 120 cm³/mol. The number of nitrogens with one attached hydrogen (secondary N) is 2. The minimum Gasteiger partial charge on any atom is -0.444 e. The van der Waals surface area contributed by atoms with E-state index in [-0.39, 0.29) is 17.7 Å². The van der Waals surface area contributed by atoms with Crippen LogP contribution in [0.3, 0.4) is 0 Å². The van der Waals surface area contributed by atoms with Crippen LogP contribution >= 0.6 is 0 Å². The second-order valence-electron chi connectivity index (χ2n) is 11.2. The smallest absolute Gasteiger partial charge is 0.408 e. The zero-order valence-electron chi connectivity index (χ0n) is 20.3. The van der Waals surface area contributed by atoms with Gasteiger partial charge in [0.25, 0.3) is 0 Å². The molecule has 0 aromatic rings. The molecule has 1 saturated carbocycles. The van der Waals surface area contributed by atoms with Crippen molar-refractivity contribution < 1.29 is 23.9 Å². The molecule has 2 fully saturated rings. The van der Waals surface area contributed by atoms with Crippen molar-refractivity contribution in [1.82, 2.24) is 15.5 Å². The predicted octanol–water partition coefficient (Wildman–Crippen LogP) is 1.71. The van der Waals surface area contributed by atoms with Crippen LogP contribution in [0, 0.1) is 17.3 Å². The Morgan fingerprint density at radius 2 is 1.78 bits per heavy atom. The van der Waals surface area contributed by atoms with Crippen LogP contribution in [0.5, 0.6) is 0 Å².